The van der Waals surface area contributed by atoms with Crippen molar-refractivity contribution in [1.82, 2.24) is 5.32 Å². The van der Waals surface area contributed by atoms with Gasteiger partial charge < -0.3 is 15.5 Å². The average Bonchev–Trinajstić information content (AvgIpc) is 3.45. The van der Waals surface area contributed by atoms with E-state index in [2.05, 4.69) is 104 Å². The molecule has 458 valence electrons. The Labute approximate surface area is 494 Å². The number of amides is 1. The third-order valence-electron chi connectivity index (χ3n) is 15.8. The molecule has 0 bridgehead atoms. The van der Waals surface area contributed by atoms with Crippen molar-refractivity contribution in [3.63, 3.8) is 0 Å². The molecule has 0 aromatic rings. The number of nitrogens with one attached hydrogen (secondary N) is 1. The number of hydrogen-bond acceptors (Lipinski definition) is 3. The molecule has 0 aliphatic heterocycles. The van der Waals surface area contributed by atoms with E-state index >= 15 is 0 Å². The lowest BCUT2D eigenvalue weighted by Crippen LogP contribution is -2.45. The number of aliphatic hydroxyl groups excluding tert-OH is 2. The molecule has 0 spiro atoms. The molecule has 4 heteroatoms. The summed E-state index contributed by atoms with van der Waals surface area (Å²) in [5.41, 5.74) is 0. The highest BCUT2D eigenvalue weighted by Crippen LogP contribution is 2.18. The van der Waals surface area contributed by atoms with Gasteiger partial charge in [0, 0.05) is 6.42 Å². The third-order valence-corrected chi connectivity index (χ3v) is 15.8. The first-order chi connectivity index (χ1) is 39.2. The number of allylic oxidation sites excluding steroid dienone is 15. The van der Waals surface area contributed by atoms with Crippen molar-refractivity contribution in [2.24, 2.45) is 0 Å². The second-order valence-electron chi connectivity index (χ2n) is 23.6. The van der Waals surface area contributed by atoms with Crippen LogP contribution < -0.4 is 5.32 Å². The van der Waals surface area contributed by atoms with E-state index < -0.39 is 12.1 Å². The number of hydrogen-bond donors (Lipinski definition) is 3. The minimum absolute atomic E-state index is 0.0699. The van der Waals surface area contributed by atoms with E-state index in [0.717, 1.165) is 70.6 Å². The molecule has 0 saturated carbocycles. The smallest absolute Gasteiger partial charge is 0.220 e. The van der Waals surface area contributed by atoms with Gasteiger partial charge in [0.05, 0.1) is 18.8 Å². The van der Waals surface area contributed by atoms with E-state index in [1.54, 1.807) is 6.08 Å². The first-order valence-corrected chi connectivity index (χ1v) is 35.0. The molecule has 79 heavy (non-hydrogen) atoms. The van der Waals surface area contributed by atoms with Crippen molar-refractivity contribution in [1.29, 1.82) is 0 Å². The van der Waals surface area contributed by atoms with Gasteiger partial charge in [-0.1, -0.05) is 361 Å². The van der Waals surface area contributed by atoms with E-state index in [1.165, 1.54) is 263 Å². The lowest BCUT2D eigenvalue weighted by Gasteiger charge is -2.19. The summed E-state index contributed by atoms with van der Waals surface area (Å²) in [5, 5.41) is 23.3. The molecule has 0 aliphatic carbocycles. The van der Waals surface area contributed by atoms with Gasteiger partial charge in [-0.2, -0.15) is 0 Å². The largest absolute Gasteiger partial charge is 0.394 e. The van der Waals surface area contributed by atoms with Crippen molar-refractivity contribution in [3.05, 3.63) is 97.2 Å². The summed E-state index contributed by atoms with van der Waals surface area (Å²) in [7, 11) is 0. The lowest BCUT2D eigenvalue weighted by atomic mass is 10.0. The molecule has 0 heterocycles. The minimum atomic E-state index is -0.867. The number of carbonyl (C=O) groups excluding carboxylic acids is 1. The Morgan fingerprint density at radius 3 is 0.886 bits per heavy atom. The van der Waals surface area contributed by atoms with Crippen LogP contribution in [0.5, 0.6) is 0 Å². The quantitative estimate of drug-likeness (QED) is 0.0420. The maximum atomic E-state index is 12.5. The van der Waals surface area contributed by atoms with Gasteiger partial charge in [-0.15, -0.1) is 0 Å². The Kier molecular flexibility index (Phi) is 67.2. The van der Waals surface area contributed by atoms with E-state index in [-0.39, 0.29) is 12.5 Å². The van der Waals surface area contributed by atoms with Crippen LogP contribution in [0.25, 0.3) is 0 Å². The summed E-state index contributed by atoms with van der Waals surface area (Å²) >= 11 is 0. The topological polar surface area (TPSA) is 69.6 Å². The Hall–Kier alpha value is -2.69. The van der Waals surface area contributed by atoms with E-state index in [0.29, 0.717) is 6.42 Å². The van der Waals surface area contributed by atoms with Crippen LogP contribution in [0.15, 0.2) is 97.2 Å². The maximum absolute atomic E-state index is 12.5. The molecule has 0 aromatic carbocycles. The summed E-state index contributed by atoms with van der Waals surface area (Å²) < 4.78 is 0. The van der Waals surface area contributed by atoms with Gasteiger partial charge in [-0.3, -0.25) is 4.79 Å². The first-order valence-electron chi connectivity index (χ1n) is 35.0. The predicted octanol–water partition coefficient (Wildman–Crippen LogP) is 24.0. The Bertz CT molecular complexity index is 1430. The number of rotatable bonds is 64. The van der Waals surface area contributed by atoms with Gasteiger partial charge in [-0.05, 0) is 83.5 Å². The molecule has 0 aromatic heterocycles. The molecule has 2 unspecified atom stereocenters. The van der Waals surface area contributed by atoms with Gasteiger partial charge in [0.1, 0.15) is 0 Å². The zero-order valence-corrected chi connectivity index (χ0v) is 52.9. The predicted molar refractivity (Wildman–Crippen MR) is 354 cm³/mol. The molecule has 0 radical (unpaired) electrons. The van der Waals surface area contributed by atoms with Crippen molar-refractivity contribution in [2.75, 3.05) is 6.61 Å². The fraction of sp³-hybridized carbons (Fsp3) is 0.773. The lowest BCUT2D eigenvalue weighted by molar-refractivity contribution is -0.123. The minimum Gasteiger partial charge on any atom is -0.394 e. The van der Waals surface area contributed by atoms with Crippen molar-refractivity contribution in [3.8, 4) is 0 Å². The van der Waals surface area contributed by atoms with Crippen LogP contribution in [0.4, 0.5) is 0 Å². The van der Waals surface area contributed by atoms with Crippen LogP contribution in [0, 0.1) is 0 Å². The summed E-state index contributed by atoms with van der Waals surface area (Å²) in [6.07, 6.45) is 104. The van der Waals surface area contributed by atoms with Crippen LogP contribution in [0.2, 0.25) is 0 Å². The molecule has 2 atom stereocenters. The van der Waals surface area contributed by atoms with Crippen LogP contribution in [0.1, 0.15) is 354 Å². The van der Waals surface area contributed by atoms with Crippen LogP contribution in [-0.2, 0) is 4.79 Å². The first kappa shape index (κ1) is 76.3. The highest BCUT2D eigenvalue weighted by molar-refractivity contribution is 5.76. The Morgan fingerprint density at radius 1 is 0.316 bits per heavy atom. The molecule has 0 aliphatic rings. The van der Waals surface area contributed by atoms with Crippen LogP contribution >= 0.6 is 0 Å². The molecule has 1 amide bonds. The summed E-state index contributed by atoms with van der Waals surface area (Å²) in [6.45, 7) is 4.21. The standard InChI is InChI=1S/C75H135NO3/c1-3-5-7-9-11-13-15-17-19-21-23-25-27-29-31-33-34-35-36-37-38-39-40-41-42-43-45-47-49-51-53-55-57-59-61-63-65-67-69-71-75(79)76-73(72-77)74(78)70-68-66-64-62-60-58-56-54-52-50-48-46-44-32-30-28-26-24-22-20-18-16-14-12-10-8-6-4-2/h5,7,11,13,17,19,23,25,29,31,34-35,60,62,68,70,73-74,77-78H,3-4,6,8-10,12,14-16,18,20-22,24,26-28,30,32-33,36-59,61,63-67,69,71-72H2,1-2H3,(H,76,79)/b7-5-,13-11-,19-17-,25-23-,31-29-,35-34-,62-60+,70-68+. The molecule has 0 fully saturated rings. The van der Waals surface area contributed by atoms with Crippen LogP contribution in [0.3, 0.4) is 0 Å². The SMILES string of the molecule is CC/C=C\C/C=C\C/C=C\C/C=C\C/C=C\C/C=C\CCCCCCCCCCCCCCCCCCCCCCC(=O)NC(CO)C(O)/C=C/CC/C=C/CCCCCCCCCCCCCCCCCCCCCCCC. The highest BCUT2D eigenvalue weighted by atomic mass is 16.3. The molecule has 3 N–H and O–H groups in total. The Balaban J connectivity index is 3.48. The van der Waals surface area contributed by atoms with Gasteiger partial charge in [0.25, 0.3) is 0 Å². The van der Waals surface area contributed by atoms with Crippen molar-refractivity contribution >= 4 is 5.91 Å². The maximum Gasteiger partial charge on any atom is 0.220 e. The van der Waals surface area contributed by atoms with E-state index in [4.69, 9.17) is 0 Å². The molecule has 0 rings (SSSR count). The molecule has 4 nitrogen and oxygen atoms in total. The summed E-state index contributed by atoms with van der Waals surface area (Å²) in [4.78, 5) is 12.5. The van der Waals surface area contributed by atoms with Crippen molar-refractivity contribution in [2.45, 2.75) is 366 Å². The summed E-state index contributed by atoms with van der Waals surface area (Å²) in [6, 6.07) is -0.644. The zero-order valence-electron chi connectivity index (χ0n) is 52.9. The van der Waals surface area contributed by atoms with Gasteiger partial charge in [-0.25, -0.2) is 0 Å². The average molecular weight is 1100 g/mol. The summed E-state index contributed by atoms with van der Waals surface area (Å²) in [5.74, 6) is -0.0699. The van der Waals surface area contributed by atoms with Crippen molar-refractivity contribution < 1.29 is 15.0 Å². The van der Waals surface area contributed by atoms with E-state index in [1.807, 2.05) is 6.08 Å². The van der Waals surface area contributed by atoms with E-state index in [9.17, 15) is 15.0 Å². The molecular formula is C75H135NO3. The van der Waals surface area contributed by atoms with Gasteiger partial charge in [0.2, 0.25) is 5.91 Å². The fourth-order valence-corrected chi connectivity index (χ4v) is 10.6. The zero-order chi connectivity index (χ0) is 56.9. The monoisotopic (exact) mass is 1100 g/mol. The Morgan fingerprint density at radius 2 is 0.570 bits per heavy atom. The normalized spacial score (nSPS) is 13.3. The number of carbonyl (C=O) groups is 1. The second-order valence-corrected chi connectivity index (χ2v) is 23.6. The highest BCUT2D eigenvalue weighted by Gasteiger charge is 2.18. The van der Waals surface area contributed by atoms with Gasteiger partial charge >= 0.3 is 0 Å². The number of unbranched alkanes of at least 4 members (excludes halogenated alkanes) is 43. The second kappa shape index (κ2) is 69.6. The fourth-order valence-electron chi connectivity index (χ4n) is 10.6. The third kappa shape index (κ3) is 66.0. The number of aliphatic hydroxyl groups is 2. The molecular weight excluding hydrogens is 963 g/mol. The van der Waals surface area contributed by atoms with Gasteiger partial charge in [0.15, 0.2) is 0 Å². The molecule has 0 saturated heterocycles. The van der Waals surface area contributed by atoms with Crippen LogP contribution in [-0.4, -0.2) is 34.9 Å².